The predicted octanol–water partition coefficient (Wildman–Crippen LogP) is 12.2. The zero-order valence-corrected chi connectivity index (χ0v) is 27.9. The third-order valence-electron chi connectivity index (χ3n) is 10.2. The van der Waals surface area contributed by atoms with E-state index in [0.717, 1.165) is 55.2 Å². The Morgan fingerprint density at radius 2 is 1.00 bits per heavy atom. The van der Waals surface area contributed by atoms with Gasteiger partial charge in [0.25, 0.3) is 0 Å². The molecule has 52 heavy (non-hydrogen) atoms. The molecule has 0 bridgehead atoms. The molecular weight excluding hydrogens is 637 g/mol. The van der Waals surface area contributed by atoms with Gasteiger partial charge in [0, 0.05) is 32.8 Å². The Balaban J connectivity index is 1.11. The second-order valence-corrected chi connectivity index (χ2v) is 13.3. The Kier molecular flexibility index (Phi) is 6.18. The molecule has 11 rings (SSSR count). The molecular formula is C47H28N4O. The molecule has 0 fully saturated rings. The highest BCUT2D eigenvalue weighted by Gasteiger charge is 2.20. The maximum Gasteiger partial charge on any atom is 0.164 e. The van der Waals surface area contributed by atoms with Crippen LogP contribution < -0.4 is 0 Å². The van der Waals surface area contributed by atoms with E-state index in [1.54, 1.807) is 0 Å². The molecule has 0 radical (unpaired) electrons. The van der Waals surface area contributed by atoms with Crippen LogP contribution in [0.1, 0.15) is 0 Å². The smallest absolute Gasteiger partial charge is 0.164 e. The van der Waals surface area contributed by atoms with Gasteiger partial charge in [-0.25, -0.2) is 15.0 Å². The molecule has 3 heterocycles. The van der Waals surface area contributed by atoms with Crippen LogP contribution in [0.15, 0.2) is 174 Å². The van der Waals surface area contributed by atoms with Gasteiger partial charge in [0.2, 0.25) is 0 Å². The number of furan rings is 1. The highest BCUT2D eigenvalue weighted by Crippen LogP contribution is 2.40. The van der Waals surface area contributed by atoms with Crippen molar-refractivity contribution in [3.8, 4) is 39.9 Å². The van der Waals surface area contributed by atoms with Crippen LogP contribution in [0.25, 0.3) is 105 Å². The van der Waals surface area contributed by atoms with Crippen LogP contribution >= 0.6 is 0 Å². The minimum atomic E-state index is 0.592. The molecule has 11 aromatic rings. The molecule has 0 aliphatic heterocycles. The fraction of sp³-hybridized carbons (Fsp3) is 0. The third-order valence-corrected chi connectivity index (χ3v) is 10.2. The first-order valence-electron chi connectivity index (χ1n) is 17.4. The van der Waals surface area contributed by atoms with E-state index in [2.05, 4.69) is 144 Å². The number of hydrogen-bond donors (Lipinski definition) is 0. The van der Waals surface area contributed by atoms with Crippen molar-refractivity contribution in [1.82, 2.24) is 19.5 Å². The van der Waals surface area contributed by atoms with Crippen LogP contribution in [0.3, 0.4) is 0 Å². The molecule has 0 amide bonds. The minimum absolute atomic E-state index is 0.592. The molecule has 8 aromatic carbocycles. The zero-order valence-electron chi connectivity index (χ0n) is 27.9. The Bertz CT molecular complexity index is 3190. The van der Waals surface area contributed by atoms with E-state index in [0.29, 0.717) is 17.5 Å². The van der Waals surface area contributed by atoms with Crippen molar-refractivity contribution in [2.45, 2.75) is 0 Å². The Morgan fingerprint density at radius 1 is 0.365 bits per heavy atom. The van der Waals surface area contributed by atoms with Crippen molar-refractivity contribution >= 4 is 65.3 Å². The molecule has 0 saturated carbocycles. The van der Waals surface area contributed by atoms with Crippen molar-refractivity contribution in [3.63, 3.8) is 0 Å². The number of nitrogens with zero attached hydrogens (tertiary/aromatic N) is 4. The highest BCUT2D eigenvalue weighted by atomic mass is 16.3. The maximum absolute atomic E-state index is 6.64. The number of para-hydroxylation sites is 1. The predicted molar refractivity (Wildman–Crippen MR) is 213 cm³/mol. The van der Waals surface area contributed by atoms with Crippen LogP contribution in [0.4, 0.5) is 0 Å². The SMILES string of the molecule is c1ccc(-c2nc(-c3ccc4ccccc4c3)nc(-c3ccc4c(c3)oc3cccc(-n5c6ccccc6c6cc7ccccc7cc65)c34)n2)cc1. The number of hydrogen-bond acceptors (Lipinski definition) is 4. The summed E-state index contributed by atoms with van der Waals surface area (Å²) in [6.45, 7) is 0. The summed E-state index contributed by atoms with van der Waals surface area (Å²) in [5.74, 6) is 1.84. The van der Waals surface area contributed by atoms with E-state index < -0.39 is 0 Å². The van der Waals surface area contributed by atoms with Gasteiger partial charge in [-0.3, -0.25) is 0 Å². The molecule has 0 aliphatic rings. The van der Waals surface area contributed by atoms with Crippen molar-refractivity contribution < 1.29 is 4.42 Å². The van der Waals surface area contributed by atoms with Crippen LogP contribution in [-0.2, 0) is 0 Å². The van der Waals surface area contributed by atoms with Crippen molar-refractivity contribution in [2.75, 3.05) is 0 Å². The van der Waals surface area contributed by atoms with Gasteiger partial charge < -0.3 is 8.98 Å². The lowest BCUT2D eigenvalue weighted by molar-refractivity contribution is 0.669. The molecule has 0 saturated heterocycles. The quantitative estimate of drug-likeness (QED) is 0.188. The molecule has 0 spiro atoms. The number of fused-ring (bicyclic) bond motifs is 8. The van der Waals surface area contributed by atoms with E-state index >= 15 is 0 Å². The number of aromatic nitrogens is 4. The fourth-order valence-corrected chi connectivity index (χ4v) is 7.73. The topological polar surface area (TPSA) is 56.7 Å². The molecule has 242 valence electrons. The van der Waals surface area contributed by atoms with Gasteiger partial charge in [0.15, 0.2) is 17.5 Å². The van der Waals surface area contributed by atoms with Crippen molar-refractivity contribution in [3.05, 3.63) is 170 Å². The monoisotopic (exact) mass is 664 g/mol. The summed E-state index contributed by atoms with van der Waals surface area (Å²) in [4.78, 5) is 15.0. The first-order chi connectivity index (χ1) is 25.7. The standard InChI is InChI=1S/C47H28N4O/c1-2-12-30(13-3-1)45-48-46(34-22-21-29-11-4-5-14-31(29)25-34)50-47(49-45)35-23-24-37-43(28-35)52-42-20-10-19-40(44(37)42)51-39-18-9-8-17-36(39)38-26-32-15-6-7-16-33(32)27-41(38)51/h1-28H. The normalized spacial score (nSPS) is 11.8. The molecule has 0 atom stereocenters. The van der Waals surface area contributed by atoms with Gasteiger partial charge in [-0.1, -0.05) is 121 Å². The first-order valence-corrected chi connectivity index (χ1v) is 17.4. The van der Waals surface area contributed by atoms with E-state index in [4.69, 9.17) is 19.4 Å². The van der Waals surface area contributed by atoms with E-state index in [1.807, 2.05) is 30.3 Å². The minimum Gasteiger partial charge on any atom is -0.456 e. The van der Waals surface area contributed by atoms with E-state index in [9.17, 15) is 0 Å². The van der Waals surface area contributed by atoms with Gasteiger partial charge in [-0.05, 0) is 70.1 Å². The lowest BCUT2D eigenvalue weighted by atomic mass is 10.1. The Hall–Kier alpha value is -7.11. The van der Waals surface area contributed by atoms with Crippen LogP contribution in [0, 0.1) is 0 Å². The highest BCUT2D eigenvalue weighted by molar-refractivity contribution is 6.16. The Labute approximate surface area is 298 Å². The van der Waals surface area contributed by atoms with Gasteiger partial charge in [0.1, 0.15) is 11.2 Å². The number of rotatable bonds is 4. The second kappa shape index (κ2) is 11.2. The average molecular weight is 665 g/mol. The second-order valence-electron chi connectivity index (χ2n) is 13.3. The Morgan fingerprint density at radius 3 is 1.81 bits per heavy atom. The lowest BCUT2D eigenvalue weighted by Gasteiger charge is -2.10. The molecule has 5 heteroatoms. The third kappa shape index (κ3) is 4.46. The van der Waals surface area contributed by atoms with E-state index in [-0.39, 0.29) is 0 Å². The van der Waals surface area contributed by atoms with Crippen LogP contribution in [0.5, 0.6) is 0 Å². The summed E-state index contributed by atoms with van der Waals surface area (Å²) in [5, 5.41) is 9.31. The fourth-order valence-electron chi connectivity index (χ4n) is 7.73. The summed E-state index contributed by atoms with van der Waals surface area (Å²) in [7, 11) is 0. The van der Waals surface area contributed by atoms with Gasteiger partial charge in [0.05, 0.1) is 22.1 Å². The van der Waals surface area contributed by atoms with Gasteiger partial charge >= 0.3 is 0 Å². The first kappa shape index (κ1) is 28.7. The summed E-state index contributed by atoms with van der Waals surface area (Å²) < 4.78 is 9.03. The molecule has 3 aromatic heterocycles. The summed E-state index contributed by atoms with van der Waals surface area (Å²) >= 11 is 0. The van der Waals surface area contributed by atoms with Crippen LogP contribution in [-0.4, -0.2) is 19.5 Å². The molecule has 5 nitrogen and oxygen atoms in total. The largest absolute Gasteiger partial charge is 0.456 e. The summed E-state index contributed by atoms with van der Waals surface area (Å²) in [6.07, 6.45) is 0. The van der Waals surface area contributed by atoms with Crippen molar-refractivity contribution in [2.24, 2.45) is 0 Å². The van der Waals surface area contributed by atoms with Gasteiger partial charge in [-0.15, -0.1) is 0 Å². The maximum atomic E-state index is 6.64. The summed E-state index contributed by atoms with van der Waals surface area (Å²) in [6, 6.07) is 59.2. The molecule has 0 aliphatic carbocycles. The summed E-state index contributed by atoms with van der Waals surface area (Å²) in [5.41, 5.74) is 7.74. The molecule has 0 N–H and O–H groups in total. The average Bonchev–Trinajstić information content (AvgIpc) is 3.75. The lowest BCUT2D eigenvalue weighted by Crippen LogP contribution is -2.00. The molecule has 0 unspecified atom stereocenters. The van der Waals surface area contributed by atoms with Crippen LogP contribution in [0.2, 0.25) is 0 Å². The number of benzene rings is 8. The van der Waals surface area contributed by atoms with Crippen molar-refractivity contribution in [1.29, 1.82) is 0 Å². The van der Waals surface area contributed by atoms with E-state index in [1.165, 1.54) is 32.4 Å². The van der Waals surface area contributed by atoms with Gasteiger partial charge in [-0.2, -0.15) is 0 Å². The zero-order chi connectivity index (χ0) is 34.2.